The number of rotatable bonds is 5. The van der Waals surface area contributed by atoms with Gasteiger partial charge in [0.15, 0.2) is 0 Å². The maximum absolute atomic E-state index is 12.8. The lowest BCUT2D eigenvalue weighted by Gasteiger charge is -2.49. The number of anilines is 1. The Morgan fingerprint density at radius 3 is 2.72 bits per heavy atom. The van der Waals surface area contributed by atoms with E-state index in [-0.39, 0.29) is 11.8 Å². The van der Waals surface area contributed by atoms with Crippen molar-refractivity contribution in [2.75, 3.05) is 18.4 Å². The number of aromatic nitrogens is 4. The molecule has 3 saturated heterocycles. The molecule has 3 fully saturated rings. The summed E-state index contributed by atoms with van der Waals surface area (Å²) >= 11 is 0. The third-order valence-electron chi connectivity index (χ3n) is 6.12. The van der Waals surface area contributed by atoms with Crippen LogP contribution in [-0.2, 0) is 11.3 Å². The number of hydrogen-bond acceptors (Lipinski definition) is 5. The Balaban J connectivity index is 1.23. The first-order chi connectivity index (χ1) is 14.3. The van der Waals surface area contributed by atoms with E-state index in [4.69, 9.17) is 0 Å². The van der Waals surface area contributed by atoms with Crippen LogP contribution >= 0.6 is 0 Å². The van der Waals surface area contributed by atoms with E-state index in [1.54, 1.807) is 6.20 Å². The van der Waals surface area contributed by atoms with Gasteiger partial charge in [-0.1, -0.05) is 29.5 Å². The van der Waals surface area contributed by atoms with Crippen molar-refractivity contribution < 1.29 is 4.79 Å². The fourth-order valence-electron chi connectivity index (χ4n) is 4.62. The molecule has 0 aliphatic carbocycles. The highest BCUT2D eigenvalue weighted by Crippen LogP contribution is 2.37. The summed E-state index contributed by atoms with van der Waals surface area (Å²) in [4.78, 5) is 19.6. The van der Waals surface area contributed by atoms with Crippen molar-refractivity contribution in [2.24, 2.45) is 11.8 Å². The fourth-order valence-corrected chi connectivity index (χ4v) is 4.62. The maximum Gasteiger partial charge on any atom is 0.229 e. The third kappa shape index (κ3) is 3.78. The van der Waals surface area contributed by atoms with Gasteiger partial charge in [0.25, 0.3) is 0 Å². The normalized spacial score (nSPS) is 25.7. The number of pyridine rings is 1. The topological polar surface area (TPSA) is 75.9 Å². The van der Waals surface area contributed by atoms with Gasteiger partial charge >= 0.3 is 0 Å². The summed E-state index contributed by atoms with van der Waals surface area (Å²) in [5, 5.41) is 11.7. The lowest BCUT2D eigenvalue weighted by molar-refractivity contribution is -0.127. The zero-order chi connectivity index (χ0) is 19.6. The van der Waals surface area contributed by atoms with Gasteiger partial charge in [-0.15, -0.1) is 5.10 Å². The van der Waals surface area contributed by atoms with E-state index < -0.39 is 0 Å². The van der Waals surface area contributed by atoms with Crippen molar-refractivity contribution in [3.63, 3.8) is 0 Å². The number of piperidine rings is 3. The number of amides is 1. The van der Waals surface area contributed by atoms with Crippen LogP contribution in [0.4, 0.5) is 5.69 Å². The number of nitrogens with one attached hydrogen (secondary N) is 1. The van der Waals surface area contributed by atoms with Crippen molar-refractivity contribution >= 4 is 11.6 Å². The van der Waals surface area contributed by atoms with Crippen LogP contribution < -0.4 is 5.32 Å². The van der Waals surface area contributed by atoms with Crippen LogP contribution in [0.25, 0.3) is 11.4 Å². The SMILES string of the molecule is O=C(Nc1ccccc1)[C@@H]1CN2CC[C@H]1C[C@@H]2Cn1cc(-c2ccccn2)nn1. The molecule has 3 aromatic rings. The monoisotopic (exact) mass is 388 g/mol. The predicted octanol–water partition coefficient (Wildman–Crippen LogP) is 2.69. The van der Waals surface area contributed by atoms with Crippen LogP contribution in [0.2, 0.25) is 0 Å². The molecule has 2 aromatic heterocycles. The molecule has 3 aliphatic heterocycles. The first-order valence-electron chi connectivity index (χ1n) is 10.2. The molecule has 3 aliphatic rings. The van der Waals surface area contributed by atoms with Gasteiger partial charge in [0.2, 0.25) is 5.91 Å². The standard InChI is InChI=1S/C22H24N6O/c29-22(24-17-6-2-1-3-7-17)19-14-27-11-9-16(19)12-18(27)13-28-15-21(25-26-28)20-8-4-5-10-23-20/h1-8,10,15-16,18-19H,9,11-14H2,(H,24,29)/t16-,18+,19+/m0/s1. The highest BCUT2D eigenvalue weighted by atomic mass is 16.2. The van der Waals surface area contributed by atoms with E-state index >= 15 is 0 Å². The largest absolute Gasteiger partial charge is 0.326 e. The maximum atomic E-state index is 12.8. The zero-order valence-electron chi connectivity index (χ0n) is 16.2. The molecule has 29 heavy (non-hydrogen) atoms. The molecule has 7 heteroatoms. The molecule has 0 saturated carbocycles. The number of para-hydroxylation sites is 1. The summed E-state index contributed by atoms with van der Waals surface area (Å²) in [5.41, 5.74) is 2.50. The molecule has 1 amide bonds. The van der Waals surface area contributed by atoms with Crippen LogP contribution in [-0.4, -0.2) is 49.9 Å². The lowest BCUT2D eigenvalue weighted by Crippen LogP contribution is -2.57. The van der Waals surface area contributed by atoms with Crippen LogP contribution in [0, 0.1) is 11.8 Å². The number of benzene rings is 1. The zero-order valence-corrected chi connectivity index (χ0v) is 16.2. The summed E-state index contributed by atoms with van der Waals surface area (Å²) in [5.74, 6) is 0.620. The van der Waals surface area contributed by atoms with Crippen LogP contribution in [0.15, 0.2) is 60.9 Å². The Labute approximate surface area is 169 Å². The molecule has 1 unspecified atom stereocenters. The highest BCUT2D eigenvalue weighted by Gasteiger charge is 2.43. The Bertz CT molecular complexity index is 973. The van der Waals surface area contributed by atoms with E-state index in [1.807, 2.05) is 59.4 Å². The molecule has 5 heterocycles. The average molecular weight is 388 g/mol. The van der Waals surface area contributed by atoms with Crippen LogP contribution in [0.5, 0.6) is 0 Å². The van der Waals surface area contributed by atoms with Gasteiger partial charge in [-0.05, 0) is 49.6 Å². The second kappa shape index (κ2) is 7.75. The quantitative estimate of drug-likeness (QED) is 0.727. The van der Waals surface area contributed by atoms with Gasteiger partial charge in [-0.25, -0.2) is 0 Å². The van der Waals surface area contributed by atoms with Crippen molar-refractivity contribution in [3.8, 4) is 11.4 Å². The molecular formula is C22H24N6O. The van der Waals surface area contributed by atoms with Gasteiger partial charge in [0.1, 0.15) is 5.69 Å². The number of nitrogens with zero attached hydrogens (tertiary/aromatic N) is 5. The van der Waals surface area contributed by atoms with E-state index in [0.717, 1.165) is 49.6 Å². The second-order valence-electron chi connectivity index (χ2n) is 7.94. The van der Waals surface area contributed by atoms with Gasteiger partial charge in [-0.2, -0.15) is 0 Å². The molecule has 1 N–H and O–H groups in total. The van der Waals surface area contributed by atoms with E-state index in [1.165, 1.54) is 0 Å². The molecule has 7 nitrogen and oxygen atoms in total. The summed E-state index contributed by atoms with van der Waals surface area (Å²) in [7, 11) is 0. The average Bonchev–Trinajstić information content (AvgIpc) is 3.24. The Morgan fingerprint density at radius 2 is 1.97 bits per heavy atom. The first-order valence-corrected chi connectivity index (χ1v) is 10.2. The van der Waals surface area contributed by atoms with Crippen LogP contribution in [0.3, 0.4) is 0 Å². The summed E-state index contributed by atoms with van der Waals surface area (Å²) in [6.45, 7) is 2.66. The Hall–Kier alpha value is -3.06. The third-order valence-corrected chi connectivity index (χ3v) is 6.12. The van der Waals surface area contributed by atoms with Crippen molar-refractivity contribution in [3.05, 3.63) is 60.9 Å². The van der Waals surface area contributed by atoms with Crippen molar-refractivity contribution in [2.45, 2.75) is 25.4 Å². The summed E-state index contributed by atoms with van der Waals surface area (Å²) in [6.07, 6.45) is 5.83. The minimum atomic E-state index is 0.0556. The molecule has 1 aromatic carbocycles. The fraction of sp³-hybridized carbons (Fsp3) is 0.364. The van der Waals surface area contributed by atoms with Gasteiger partial charge in [0.05, 0.1) is 24.4 Å². The highest BCUT2D eigenvalue weighted by molar-refractivity contribution is 5.93. The molecule has 6 rings (SSSR count). The number of carbonyl (C=O) groups excluding carboxylic acids is 1. The second-order valence-corrected chi connectivity index (χ2v) is 7.94. The van der Waals surface area contributed by atoms with E-state index in [2.05, 4.69) is 25.5 Å². The van der Waals surface area contributed by atoms with E-state index in [9.17, 15) is 4.79 Å². The molecule has 148 valence electrons. The minimum absolute atomic E-state index is 0.0556. The first kappa shape index (κ1) is 18.0. The number of carbonyl (C=O) groups is 1. The molecule has 0 spiro atoms. The van der Waals surface area contributed by atoms with Gasteiger partial charge < -0.3 is 5.32 Å². The van der Waals surface area contributed by atoms with Crippen molar-refractivity contribution in [1.29, 1.82) is 0 Å². The smallest absolute Gasteiger partial charge is 0.229 e. The number of hydrogen-bond donors (Lipinski definition) is 1. The number of fused-ring (bicyclic) bond motifs is 3. The molecule has 2 bridgehead atoms. The molecular weight excluding hydrogens is 364 g/mol. The van der Waals surface area contributed by atoms with Crippen molar-refractivity contribution in [1.82, 2.24) is 24.9 Å². The lowest BCUT2D eigenvalue weighted by atomic mass is 9.75. The minimum Gasteiger partial charge on any atom is -0.326 e. The van der Waals surface area contributed by atoms with Gasteiger partial charge in [0, 0.05) is 24.5 Å². The predicted molar refractivity (Wildman–Crippen MR) is 110 cm³/mol. The Morgan fingerprint density at radius 1 is 1.10 bits per heavy atom. The summed E-state index contributed by atoms with van der Waals surface area (Å²) in [6, 6.07) is 15.9. The molecule has 4 atom stereocenters. The van der Waals surface area contributed by atoms with Crippen LogP contribution in [0.1, 0.15) is 12.8 Å². The molecule has 0 radical (unpaired) electrons. The van der Waals surface area contributed by atoms with Gasteiger partial charge in [-0.3, -0.25) is 19.4 Å². The van der Waals surface area contributed by atoms with E-state index in [0.29, 0.717) is 12.0 Å². The summed E-state index contributed by atoms with van der Waals surface area (Å²) < 4.78 is 1.91. The Kier molecular flexibility index (Phi) is 4.81.